The lowest BCUT2D eigenvalue weighted by Crippen LogP contribution is -2.47. The number of carbonyl (C=O) groups excluding carboxylic acids is 1. The van der Waals surface area contributed by atoms with Crippen molar-refractivity contribution in [3.63, 3.8) is 0 Å². The highest BCUT2D eigenvalue weighted by Crippen LogP contribution is 2.39. The van der Waals surface area contributed by atoms with Crippen molar-refractivity contribution in [2.75, 3.05) is 50.7 Å². The summed E-state index contributed by atoms with van der Waals surface area (Å²) in [5.41, 5.74) is 1.13. The number of piperazine rings is 1. The number of benzene rings is 1. The molecule has 1 atom stereocenters. The Hall–Kier alpha value is -1.30. The van der Waals surface area contributed by atoms with Gasteiger partial charge >= 0.3 is 0 Å². The van der Waals surface area contributed by atoms with Gasteiger partial charge in [-0.15, -0.1) is 0 Å². The molecule has 142 valence electrons. The van der Waals surface area contributed by atoms with Gasteiger partial charge in [0.1, 0.15) is 0 Å². The van der Waals surface area contributed by atoms with Crippen LogP contribution in [-0.2, 0) is 4.79 Å². The molecule has 1 spiro atoms. The predicted molar refractivity (Wildman–Crippen MR) is 106 cm³/mol. The summed E-state index contributed by atoms with van der Waals surface area (Å²) >= 11 is 6.11. The summed E-state index contributed by atoms with van der Waals surface area (Å²) in [6.45, 7) is 7.24. The zero-order valence-electron chi connectivity index (χ0n) is 15.3. The molecule has 3 saturated heterocycles. The van der Waals surface area contributed by atoms with Gasteiger partial charge < -0.3 is 15.5 Å². The monoisotopic (exact) mass is 376 g/mol. The Morgan fingerprint density at radius 3 is 2.65 bits per heavy atom. The molecule has 1 aromatic rings. The molecule has 3 heterocycles. The van der Waals surface area contributed by atoms with Crippen molar-refractivity contribution in [3.8, 4) is 0 Å². The number of anilines is 1. The van der Waals surface area contributed by atoms with E-state index in [2.05, 4.69) is 26.5 Å². The molecule has 2 N–H and O–H groups in total. The zero-order valence-corrected chi connectivity index (χ0v) is 16.1. The number of nitrogens with one attached hydrogen (secondary N) is 2. The number of hydrogen-bond donors (Lipinski definition) is 2. The van der Waals surface area contributed by atoms with Crippen molar-refractivity contribution in [2.24, 2.45) is 5.41 Å². The summed E-state index contributed by atoms with van der Waals surface area (Å²) in [6.07, 6.45) is 4.08. The lowest BCUT2D eigenvalue weighted by Gasteiger charge is -2.36. The molecule has 3 aliphatic rings. The molecule has 1 unspecified atom stereocenters. The van der Waals surface area contributed by atoms with Gasteiger partial charge in [-0.25, -0.2) is 0 Å². The smallest absolute Gasteiger partial charge is 0.226 e. The first kappa shape index (κ1) is 18.1. The fourth-order valence-electron chi connectivity index (χ4n) is 4.71. The van der Waals surface area contributed by atoms with Gasteiger partial charge in [0.25, 0.3) is 0 Å². The second kappa shape index (κ2) is 7.75. The standard InChI is InChI=1S/C20H29ClN4O/c21-16-2-1-3-18(14-16)25-12-10-24(11-13-25)9-4-17-15-20(19(26)23-17)5-7-22-8-6-20/h1-3,14,17,22H,4-13,15H2,(H,23,26). The van der Waals surface area contributed by atoms with Crippen molar-refractivity contribution in [1.82, 2.24) is 15.5 Å². The molecular weight excluding hydrogens is 348 g/mol. The molecule has 4 rings (SSSR count). The number of nitrogens with zero attached hydrogens (tertiary/aromatic N) is 2. The highest BCUT2D eigenvalue weighted by molar-refractivity contribution is 6.30. The Morgan fingerprint density at radius 2 is 1.92 bits per heavy atom. The quantitative estimate of drug-likeness (QED) is 0.845. The molecular formula is C20H29ClN4O. The van der Waals surface area contributed by atoms with Crippen LogP contribution >= 0.6 is 11.6 Å². The Labute approximate surface area is 161 Å². The summed E-state index contributed by atoms with van der Waals surface area (Å²) < 4.78 is 0. The Morgan fingerprint density at radius 1 is 1.15 bits per heavy atom. The number of amides is 1. The van der Waals surface area contributed by atoms with Gasteiger partial charge in [-0.2, -0.15) is 0 Å². The molecule has 0 saturated carbocycles. The van der Waals surface area contributed by atoms with Gasteiger partial charge in [0.2, 0.25) is 5.91 Å². The molecule has 1 amide bonds. The number of rotatable bonds is 4. The summed E-state index contributed by atoms with van der Waals surface area (Å²) in [4.78, 5) is 17.4. The third kappa shape index (κ3) is 3.85. The van der Waals surface area contributed by atoms with E-state index < -0.39 is 0 Å². The lowest BCUT2D eigenvalue weighted by atomic mass is 9.76. The fraction of sp³-hybridized carbons (Fsp3) is 0.650. The van der Waals surface area contributed by atoms with Crippen molar-refractivity contribution in [1.29, 1.82) is 0 Å². The second-order valence-corrected chi connectivity index (χ2v) is 8.44. The number of carbonyl (C=O) groups is 1. The first-order valence-corrected chi connectivity index (χ1v) is 10.3. The van der Waals surface area contributed by atoms with Crippen LogP contribution in [-0.4, -0.2) is 62.7 Å². The molecule has 0 aliphatic carbocycles. The van der Waals surface area contributed by atoms with Crippen molar-refractivity contribution >= 4 is 23.2 Å². The minimum Gasteiger partial charge on any atom is -0.369 e. The minimum absolute atomic E-state index is 0.0822. The molecule has 0 radical (unpaired) electrons. The van der Waals surface area contributed by atoms with E-state index in [-0.39, 0.29) is 5.41 Å². The van der Waals surface area contributed by atoms with E-state index >= 15 is 0 Å². The maximum atomic E-state index is 12.5. The number of halogens is 1. The van der Waals surface area contributed by atoms with E-state index in [1.165, 1.54) is 5.69 Å². The van der Waals surface area contributed by atoms with E-state index in [0.717, 1.165) is 76.5 Å². The third-order valence-corrected chi connectivity index (χ3v) is 6.59. The highest BCUT2D eigenvalue weighted by Gasteiger charge is 2.46. The summed E-state index contributed by atoms with van der Waals surface area (Å²) in [7, 11) is 0. The van der Waals surface area contributed by atoms with Gasteiger partial charge in [-0.3, -0.25) is 9.69 Å². The third-order valence-electron chi connectivity index (χ3n) is 6.35. The maximum absolute atomic E-state index is 12.5. The normalized spacial score (nSPS) is 26.3. The Balaban J connectivity index is 1.24. The van der Waals surface area contributed by atoms with Gasteiger partial charge in [0, 0.05) is 49.5 Å². The largest absolute Gasteiger partial charge is 0.369 e. The average molecular weight is 377 g/mol. The molecule has 3 aliphatic heterocycles. The van der Waals surface area contributed by atoms with Crippen LogP contribution in [0.25, 0.3) is 0 Å². The predicted octanol–water partition coefficient (Wildman–Crippen LogP) is 2.11. The summed E-state index contributed by atoms with van der Waals surface area (Å²) in [6, 6.07) is 8.47. The Kier molecular flexibility index (Phi) is 5.39. The molecule has 26 heavy (non-hydrogen) atoms. The summed E-state index contributed by atoms with van der Waals surface area (Å²) in [5.74, 6) is 0.301. The fourth-order valence-corrected chi connectivity index (χ4v) is 4.89. The van der Waals surface area contributed by atoms with Crippen molar-refractivity contribution in [3.05, 3.63) is 29.3 Å². The molecule has 3 fully saturated rings. The van der Waals surface area contributed by atoms with E-state index in [1.807, 2.05) is 18.2 Å². The van der Waals surface area contributed by atoms with Crippen LogP contribution in [0, 0.1) is 5.41 Å². The minimum atomic E-state index is -0.0822. The van der Waals surface area contributed by atoms with Crippen molar-refractivity contribution < 1.29 is 4.79 Å². The summed E-state index contributed by atoms with van der Waals surface area (Å²) in [5, 5.41) is 7.45. The van der Waals surface area contributed by atoms with Crippen LogP contribution in [0.5, 0.6) is 0 Å². The molecule has 5 nitrogen and oxygen atoms in total. The lowest BCUT2D eigenvalue weighted by molar-refractivity contribution is -0.128. The van der Waals surface area contributed by atoms with Crippen LogP contribution < -0.4 is 15.5 Å². The van der Waals surface area contributed by atoms with Gasteiger partial charge in [0.05, 0.1) is 5.41 Å². The first-order chi connectivity index (χ1) is 12.6. The first-order valence-electron chi connectivity index (χ1n) is 9.89. The topological polar surface area (TPSA) is 47.6 Å². The van der Waals surface area contributed by atoms with Gasteiger partial charge in [-0.1, -0.05) is 17.7 Å². The second-order valence-electron chi connectivity index (χ2n) is 8.00. The van der Waals surface area contributed by atoms with Crippen LogP contribution in [0.3, 0.4) is 0 Å². The highest BCUT2D eigenvalue weighted by atomic mass is 35.5. The molecule has 1 aromatic carbocycles. The number of hydrogen-bond acceptors (Lipinski definition) is 4. The van der Waals surface area contributed by atoms with E-state index in [1.54, 1.807) is 0 Å². The van der Waals surface area contributed by atoms with Crippen LogP contribution in [0.2, 0.25) is 5.02 Å². The SMILES string of the molecule is O=C1NC(CCN2CCN(c3cccc(Cl)c3)CC2)CC12CCNCC2. The van der Waals surface area contributed by atoms with Crippen molar-refractivity contribution in [2.45, 2.75) is 31.7 Å². The molecule has 0 bridgehead atoms. The maximum Gasteiger partial charge on any atom is 0.226 e. The van der Waals surface area contributed by atoms with Crippen LogP contribution in [0.1, 0.15) is 25.7 Å². The van der Waals surface area contributed by atoms with Crippen LogP contribution in [0.15, 0.2) is 24.3 Å². The van der Waals surface area contributed by atoms with E-state index in [9.17, 15) is 4.79 Å². The zero-order chi connectivity index (χ0) is 18.0. The molecule has 0 aromatic heterocycles. The van der Waals surface area contributed by atoms with Gasteiger partial charge in [0.15, 0.2) is 0 Å². The number of piperidine rings is 1. The molecule has 6 heteroatoms. The average Bonchev–Trinajstić information content (AvgIpc) is 2.96. The van der Waals surface area contributed by atoms with E-state index in [4.69, 9.17) is 11.6 Å². The Bertz CT molecular complexity index is 638. The van der Waals surface area contributed by atoms with E-state index in [0.29, 0.717) is 11.9 Å². The van der Waals surface area contributed by atoms with Crippen LogP contribution in [0.4, 0.5) is 5.69 Å². The van der Waals surface area contributed by atoms with Gasteiger partial charge in [-0.05, 0) is 57.0 Å².